The van der Waals surface area contributed by atoms with Gasteiger partial charge in [0.25, 0.3) is 5.91 Å². The van der Waals surface area contributed by atoms with Gasteiger partial charge in [-0.1, -0.05) is 6.92 Å². The van der Waals surface area contributed by atoms with Crippen LogP contribution in [0.25, 0.3) is 0 Å². The minimum Gasteiger partial charge on any atom is -0.392 e. The highest BCUT2D eigenvalue weighted by Crippen LogP contribution is 2.40. The van der Waals surface area contributed by atoms with Gasteiger partial charge in [-0.2, -0.15) is 0 Å². The number of piperidine rings is 2. The molecule has 1 aromatic rings. The first-order valence-electron chi connectivity index (χ1n) is 9.62. The lowest BCUT2D eigenvalue weighted by Crippen LogP contribution is -2.53. The summed E-state index contributed by atoms with van der Waals surface area (Å²) in [5, 5.41) is 9.64. The van der Waals surface area contributed by atoms with Crippen molar-refractivity contribution in [1.29, 1.82) is 0 Å². The van der Waals surface area contributed by atoms with E-state index >= 15 is 0 Å². The maximum absolute atomic E-state index is 12.8. The number of aliphatic hydroxyl groups excluding tert-OH is 1. The summed E-state index contributed by atoms with van der Waals surface area (Å²) >= 11 is 0. The molecule has 0 aromatic carbocycles. The molecule has 6 heteroatoms. The van der Waals surface area contributed by atoms with Crippen LogP contribution in [-0.4, -0.2) is 64.0 Å². The fourth-order valence-corrected chi connectivity index (χ4v) is 4.17. The third kappa shape index (κ3) is 4.06. The van der Waals surface area contributed by atoms with Gasteiger partial charge in [-0.15, -0.1) is 0 Å². The predicted octanol–water partition coefficient (Wildman–Crippen LogP) is 1.87. The molecule has 2 amide bonds. The van der Waals surface area contributed by atoms with Crippen LogP contribution in [0.4, 0.5) is 0 Å². The molecule has 0 bridgehead atoms. The van der Waals surface area contributed by atoms with Gasteiger partial charge in [0.15, 0.2) is 0 Å². The van der Waals surface area contributed by atoms with E-state index in [9.17, 15) is 14.7 Å². The Labute approximate surface area is 155 Å². The summed E-state index contributed by atoms with van der Waals surface area (Å²) in [5.41, 5.74) is 1.73. The Bertz CT molecular complexity index is 666. The zero-order valence-corrected chi connectivity index (χ0v) is 15.8. The van der Waals surface area contributed by atoms with Crippen LogP contribution in [0.3, 0.4) is 0 Å². The number of hydrogen-bond donors (Lipinski definition) is 1. The Morgan fingerprint density at radius 1 is 1.35 bits per heavy atom. The number of β-amino-alcohol motifs (C(OH)–C–C–N with tert-alkyl or cyclic N) is 1. The van der Waals surface area contributed by atoms with Gasteiger partial charge in [0, 0.05) is 50.1 Å². The van der Waals surface area contributed by atoms with Gasteiger partial charge in [0.1, 0.15) is 0 Å². The highest BCUT2D eigenvalue weighted by Gasteiger charge is 2.41. The summed E-state index contributed by atoms with van der Waals surface area (Å²) in [5.74, 6) is 0.212. The molecule has 2 aliphatic heterocycles. The molecule has 1 aromatic heterocycles. The van der Waals surface area contributed by atoms with E-state index in [1.807, 2.05) is 22.8 Å². The van der Waals surface area contributed by atoms with E-state index in [0.29, 0.717) is 25.1 Å². The summed E-state index contributed by atoms with van der Waals surface area (Å²) in [6, 6.07) is 3.67. The van der Waals surface area contributed by atoms with Crippen molar-refractivity contribution in [2.45, 2.75) is 52.1 Å². The molecule has 0 radical (unpaired) electrons. The first-order valence-corrected chi connectivity index (χ1v) is 9.62. The molecule has 0 aliphatic carbocycles. The van der Waals surface area contributed by atoms with Crippen molar-refractivity contribution in [1.82, 2.24) is 14.8 Å². The smallest absolute Gasteiger partial charge is 0.253 e. The standard InChI is InChI=1S/C20H29N3O3/c1-3-17-12-16(5-9-21-17)19(26)22-10-7-20(8-11-22)6-4-18(25)23(14-20)13-15(2)24/h5,9,12,15,24H,3-4,6-8,10-11,13-14H2,1-2H3/t15-/m1/s1. The number of aryl methyl sites for hydroxylation is 1. The van der Waals surface area contributed by atoms with E-state index in [0.717, 1.165) is 44.5 Å². The summed E-state index contributed by atoms with van der Waals surface area (Å²) in [4.78, 5) is 32.9. The Hall–Kier alpha value is -1.95. The number of aliphatic hydroxyl groups is 1. The van der Waals surface area contributed by atoms with Gasteiger partial charge >= 0.3 is 0 Å². The summed E-state index contributed by atoms with van der Waals surface area (Å²) in [6.45, 7) is 6.30. The van der Waals surface area contributed by atoms with Crippen LogP contribution >= 0.6 is 0 Å². The highest BCUT2D eigenvalue weighted by molar-refractivity contribution is 5.94. The fraction of sp³-hybridized carbons (Fsp3) is 0.650. The molecule has 2 aliphatic rings. The largest absolute Gasteiger partial charge is 0.392 e. The average molecular weight is 359 g/mol. The van der Waals surface area contributed by atoms with E-state index in [1.165, 1.54) is 0 Å². The van der Waals surface area contributed by atoms with Crippen molar-refractivity contribution in [3.8, 4) is 0 Å². The number of hydrogen-bond acceptors (Lipinski definition) is 4. The lowest BCUT2D eigenvalue weighted by Gasteiger charge is -2.47. The third-order valence-corrected chi connectivity index (χ3v) is 5.77. The molecule has 3 heterocycles. The maximum Gasteiger partial charge on any atom is 0.253 e. The van der Waals surface area contributed by atoms with Crippen molar-refractivity contribution in [2.75, 3.05) is 26.2 Å². The van der Waals surface area contributed by atoms with Gasteiger partial charge in [0.05, 0.1) is 6.10 Å². The Balaban J connectivity index is 1.63. The molecule has 6 nitrogen and oxygen atoms in total. The second-order valence-electron chi connectivity index (χ2n) is 7.80. The predicted molar refractivity (Wildman–Crippen MR) is 98.7 cm³/mol. The average Bonchev–Trinajstić information content (AvgIpc) is 2.65. The van der Waals surface area contributed by atoms with Gasteiger partial charge in [0.2, 0.25) is 5.91 Å². The minimum atomic E-state index is -0.504. The van der Waals surface area contributed by atoms with Crippen LogP contribution in [-0.2, 0) is 11.2 Å². The fourth-order valence-electron chi connectivity index (χ4n) is 4.17. The SMILES string of the molecule is CCc1cc(C(=O)N2CCC3(CCC(=O)N(C[C@@H](C)O)C3)CC2)ccn1. The molecule has 1 N–H and O–H groups in total. The molecular formula is C20H29N3O3. The Kier molecular flexibility index (Phi) is 5.61. The van der Waals surface area contributed by atoms with Crippen LogP contribution in [0.2, 0.25) is 0 Å². The number of aromatic nitrogens is 1. The van der Waals surface area contributed by atoms with Crippen molar-refractivity contribution in [2.24, 2.45) is 5.41 Å². The summed E-state index contributed by atoms with van der Waals surface area (Å²) < 4.78 is 0. The maximum atomic E-state index is 12.8. The van der Waals surface area contributed by atoms with E-state index in [4.69, 9.17) is 0 Å². The van der Waals surface area contributed by atoms with Crippen LogP contribution in [0.5, 0.6) is 0 Å². The first kappa shape index (κ1) is 18.8. The molecule has 26 heavy (non-hydrogen) atoms. The normalized spacial score (nSPS) is 21.1. The topological polar surface area (TPSA) is 73.7 Å². The highest BCUT2D eigenvalue weighted by atomic mass is 16.3. The van der Waals surface area contributed by atoms with Crippen molar-refractivity contribution in [3.05, 3.63) is 29.6 Å². The van der Waals surface area contributed by atoms with Crippen molar-refractivity contribution < 1.29 is 14.7 Å². The lowest BCUT2D eigenvalue weighted by molar-refractivity contribution is -0.140. The molecule has 0 unspecified atom stereocenters. The van der Waals surface area contributed by atoms with Crippen molar-refractivity contribution in [3.63, 3.8) is 0 Å². The van der Waals surface area contributed by atoms with Gasteiger partial charge in [-0.05, 0) is 50.2 Å². The number of carbonyl (C=O) groups is 2. The van der Waals surface area contributed by atoms with E-state index in [2.05, 4.69) is 4.98 Å². The minimum absolute atomic E-state index is 0.0738. The monoisotopic (exact) mass is 359 g/mol. The molecule has 2 fully saturated rings. The van der Waals surface area contributed by atoms with Gasteiger partial charge in [-0.3, -0.25) is 14.6 Å². The molecule has 1 atom stereocenters. The number of nitrogens with zero attached hydrogens (tertiary/aromatic N) is 3. The van der Waals surface area contributed by atoms with Gasteiger partial charge in [-0.25, -0.2) is 0 Å². The zero-order chi connectivity index (χ0) is 18.7. The number of pyridine rings is 1. The van der Waals surface area contributed by atoms with E-state index < -0.39 is 6.10 Å². The molecular weight excluding hydrogens is 330 g/mol. The molecule has 3 rings (SSSR count). The molecule has 1 spiro atoms. The number of carbonyl (C=O) groups excluding carboxylic acids is 2. The van der Waals surface area contributed by atoms with Crippen LogP contribution in [0.1, 0.15) is 55.6 Å². The van der Waals surface area contributed by atoms with Crippen molar-refractivity contribution >= 4 is 11.8 Å². The van der Waals surface area contributed by atoms with E-state index in [-0.39, 0.29) is 17.2 Å². The Morgan fingerprint density at radius 2 is 2.08 bits per heavy atom. The molecule has 2 saturated heterocycles. The number of rotatable bonds is 4. The zero-order valence-electron chi connectivity index (χ0n) is 15.8. The first-order chi connectivity index (χ1) is 12.4. The van der Waals surface area contributed by atoms with E-state index in [1.54, 1.807) is 19.2 Å². The Morgan fingerprint density at radius 3 is 2.73 bits per heavy atom. The second kappa shape index (κ2) is 7.74. The van der Waals surface area contributed by atoms with Gasteiger partial charge < -0.3 is 14.9 Å². The van der Waals surface area contributed by atoms with Crippen LogP contribution in [0.15, 0.2) is 18.3 Å². The molecule has 0 saturated carbocycles. The van der Waals surface area contributed by atoms with Crippen LogP contribution < -0.4 is 0 Å². The molecule has 142 valence electrons. The number of likely N-dealkylation sites (tertiary alicyclic amines) is 2. The summed E-state index contributed by atoms with van der Waals surface area (Å²) in [6.07, 6.45) is 5.28. The second-order valence-corrected chi connectivity index (χ2v) is 7.80. The third-order valence-electron chi connectivity index (χ3n) is 5.77. The quantitative estimate of drug-likeness (QED) is 0.891. The lowest BCUT2D eigenvalue weighted by atomic mass is 9.72. The van der Waals surface area contributed by atoms with Crippen LogP contribution in [0, 0.1) is 5.41 Å². The summed E-state index contributed by atoms with van der Waals surface area (Å²) in [7, 11) is 0. The number of amides is 2.